The third kappa shape index (κ3) is 9.04. The molecule has 3 N–H and O–H groups in total. The normalized spacial score (nSPS) is 14.5. The molecule has 6 heteroatoms. The van der Waals surface area contributed by atoms with Crippen molar-refractivity contribution < 1.29 is 24.6 Å². The van der Waals surface area contributed by atoms with Gasteiger partial charge in [-0.2, -0.15) is 0 Å². The molecule has 0 rings (SSSR count). The summed E-state index contributed by atoms with van der Waals surface area (Å²) in [6.45, 7) is 8.10. The minimum Gasteiger partial charge on any atom is -0.481 e. The highest BCUT2D eigenvalue weighted by Gasteiger charge is 2.24. The maximum Gasteiger partial charge on any atom is 0.326 e. The number of hydrogen-bond donors (Lipinski definition) is 3. The van der Waals surface area contributed by atoms with Gasteiger partial charge >= 0.3 is 11.9 Å². The Bertz CT molecular complexity index is 345. The highest BCUT2D eigenvalue weighted by molar-refractivity contribution is 5.86. The quantitative estimate of drug-likeness (QED) is 0.652. The molecule has 0 aliphatic rings. The largest absolute Gasteiger partial charge is 0.481 e. The van der Waals surface area contributed by atoms with Crippen LogP contribution in [-0.2, 0) is 14.4 Å². The molecule has 0 saturated carbocycles. The number of carboxylic acids is 2. The van der Waals surface area contributed by atoms with Crippen LogP contribution in [0.25, 0.3) is 0 Å². The van der Waals surface area contributed by atoms with Gasteiger partial charge in [-0.15, -0.1) is 0 Å². The molecule has 0 aliphatic carbocycles. The van der Waals surface area contributed by atoms with Crippen LogP contribution in [0.1, 0.15) is 47.0 Å². The molecule has 0 aromatic rings. The molecule has 0 aromatic carbocycles. The molecule has 19 heavy (non-hydrogen) atoms. The summed E-state index contributed by atoms with van der Waals surface area (Å²) in [5.41, 5.74) is 0.0902. The molecule has 0 fully saturated rings. The van der Waals surface area contributed by atoms with E-state index in [0.29, 0.717) is 0 Å². The van der Waals surface area contributed by atoms with E-state index in [4.69, 9.17) is 10.2 Å². The Hall–Kier alpha value is -1.59. The van der Waals surface area contributed by atoms with Crippen molar-refractivity contribution in [1.82, 2.24) is 5.32 Å². The first-order chi connectivity index (χ1) is 8.51. The summed E-state index contributed by atoms with van der Waals surface area (Å²) in [7, 11) is 0. The van der Waals surface area contributed by atoms with E-state index in [2.05, 4.69) is 26.1 Å². The molecule has 6 nitrogen and oxygen atoms in total. The van der Waals surface area contributed by atoms with Gasteiger partial charge in [-0.25, -0.2) is 4.79 Å². The van der Waals surface area contributed by atoms with E-state index in [1.807, 2.05) is 6.92 Å². The zero-order valence-electron chi connectivity index (χ0n) is 11.9. The van der Waals surface area contributed by atoms with Crippen LogP contribution in [0.15, 0.2) is 0 Å². The molecule has 110 valence electrons. The number of amides is 1. The van der Waals surface area contributed by atoms with E-state index < -0.39 is 30.3 Å². The minimum atomic E-state index is -1.37. The minimum absolute atomic E-state index is 0.0902. The predicted octanol–water partition coefficient (Wildman–Crippen LogP) is 1.49. The number of aliphatic carboxylic acids is 2. The zero-order chi connectivity index (χ0) is 15.2. The van der Waals surface area contributed by atoms with Gasteiger partial charge in [0.05, 0.1) is 6.42 Å². The maximum absolute atomic E-state index is 11.7. The van der Waals surface area contributed by atoms with Crippen molar-refractivity contribution in [2.24, 2.45) is 11.3 Å². The topological polar surface area (TPSA) is 104 Å². The van der Waals surface area contributed by atoms with Crippen molar-refractivity contribution in [3.8, 4) is 0 Å². The summed E-state index contributed by atoms with van der Waals surface area (Å²) in [5, 5.41) is 19.6. The van der Waals surface area contributed by atoms with Gasteiger partial charge in [-0.1, -0.05) is 27.7 Å². The molecule has 1 amide bonds. The second-order valence-corrected chi connectivity index (χ2v) is 6.13. The lowest BCUT2D eigenvalue weighted by molar-refractivity contribution is -0.147. The fourth-order valence-electron chi connectivity index (χ4n) is 2.06. The lowest BCUT2D eigenvalue weighted by Gasteiger charge is -2.23. The number of nitrogens with one attached hydrogen (secondary N) is 1. The van der Waals surface area contributed by atoms with Crippen LogP contribution in [-0.4, -0.2) is 34.1 Å². The summed E-state index contributed by atoms with van der Waals surface area (Å²) in [6, 6.07) is -1.37. The number of carboxylic acid groups (broad SMARTS) is 2. The molecule has 2 atom stereocenters. The molecule has 0 aromatic heterocycles. The molecular weight excluding hydrogens is 250 g/mol. The Morgan fingerprint density at radius 1 is 1.11 bits per heavy atom. The molecule has 0 bridgehead atoms. The Kier molecular flexibility index (Phi) is 6.52. The first-order valence-electron chi connectivity index (χ1n) is 6.25. The van der Waals surface area contributed by atoms with Crippen molar-refractivity contribution >= 4 is 17.8 Å². The summed E-state index contributed by atoms with van der Waals surface area (Å²) >= 11 is 0. The smallest absolute Gasteiger partial charge is 0.326 e. The fourth-order valence-corrected chi connectivity index (χ4v) is 2.06. The van der Waals surface area contributed by atoms with Gasteiger partial charge in [0, 0.05) is 6.42 Å². The highest BCUT2D eigenvalue weighted by atomic mass is 16.4. The van der Waals surface area contributed by atoms with Gasteiger partial charge in [-0.05, 0) is 17.8 Å². The van der Waals surface area contributed by atoms with E-state index in [9.17, 15) is 14.4 Å². The average Bonchev–Trinajstić information content (AvgIpc) is 2.11. The third-order valence-electron chi connectivity index (χ3n) is 2.51. The average molecular weight is 273 g/mol. The van der Waals surface area contributed by atoms with Crippen LogP contribution in [0, 0.1) is 11.3 Å². The molecule has 0 heterocycles. The van der Waals surface area contributed by atoms with E-state index >= 15 is 0 Å². The van der Waals surface area contributed by atoms with Gasteiger partial charge in [0.2, 0.25) is 5.91 Å². The van der Waals surface area contributed by atoms with Gasteiger partial charge in [-0.3, -0.25) is 9.59 Å². The van der Waals surface area contributed by atoms with Crippen LogP contribution >= 0.6 is 0 Å². The molecule has 0 aliphatic heterocycles. The molecule has 1 unspecified atom stereocenters. The van der Waals surface area contributed by atoms with Crippen LogP contribution in [0.4, 0.5) is 0 Å². The molecule has 0 spiro atoms. The Balaban J connectivity index is 4.34. The molecule has 0 radical (unpaired) electrons. The van der Waals surface area contributed by atoms with E-state index in [0.717, 1.165) is 6.42 Å². The summed E-state index contributed by atoms with van der Waals surface area (Å²) in [5.74, 6) is -2.90. The standard InChI is InChI=1S/C13H23NO5/c1-8(7-13(2,3)4)5-10(15)14-9(12(18)19)6-11(16)17/h8-9H,5-7H2,1-4H3,(H,14,15)(H,16,17)(H,18,19)/t8?,9-/m1/s1. The monoisotopic (exact) mass is 273 g/mol. The fraction of sp³-hybridized carbons (Fsp3) is 0.769. The third-order valence-corrected chi connectivity index (χ3v) is 2.51. The second kappa shape index (κ2) is 7.11. The number of carbonyl (C=O) groups excluding carboxylic acids is 1. The van der Waals surface area contributed by atoms with E-state index in [1.165, 1.54) is 0 Å². The van der Waals surface area contributed by atoms with Crippen LogP contribution < -0.4 is 5.32 Å². The highest BCUT2D eigenvalue weighted by Crippen LogP contribution is 2.25. The Morgan fingerprint density at radius 2 is 1.63 bits per heavy atom. The first-order valence-corrected chi connectivity index (χ1v) is 6.25. The molecular formula is C13H23NO5. The predicted molar refractivity (Wildman–Crippen MR) is 69.7 cm³/mol. The second-order valence-electron chi connectivity index (χ2n) is 6.13. The number of carbonyl (C=O) groups is 3. The summed E-state index contributed by atoms with van der Waals surface area (Å²) in [4.78, 5) is 33.0. The summed E-state index contributed by atoms with van der Waals surface area (Å²) < 4.78 is 0. The first kappa shape index (κ1) is 17.4. The van der Waals surface area contributed by atoms with Crippen molar-refractivity contribution in [2.75, 3.05) is 0 Å². The van der Waals surface area contributed by atoms with Crippen molar-refractivity contribution in [1.29, 1.82) is 0 Å². The zero-order valence-corrected chi connectivity index (χ0v) is 11.9. The van der Waals surface area contributed by atoms with Crippen molar-refractivity contribution in [3.05, 3.63) is 0 Å². The molecule has 0 saturated heterocycles. The Labute approximate surface area is 113 Å². The van der Waals surface area contributed by atoms with Gasteiger partial charge in [0.15, 0.2) is 0 Å². The number of rotatable bonds is 7. The van der Waals surface area contributed by atoms with Crippen LogP contribution in [0.5, 0.6) is 0 Å². The van der Waals surface area contributed by atoms with E-state index in [1.54, 1.807) is 0 Å². The van der Waals surface area contributed by atoms with Gasteiger partial charge < -0.3 is 15.5 Å². The van der Waals surface area contributed by atoms with E-state index in [-0.39, 0.29) is 17.8 Å². The summed E-state index contributed by atoms with van der Waals surface area (Å²) in [6.07, 6.45) is 0.409. The SMILES string of the molecule is CC(CC(=O)N[C@H](CC(=O)O)C(=O)O)CC(C)(C)C. The van der Waals surface area contributed by atoms with Crippen LogP contribution in [0.3, 0.4) is 0 Å². The maximum atomic E-state index is 11.7. The van der Waals surface area contributed by atoms with Crippen LogP contribution in [0.2, 0.25) is 0 Å². The number of hydrogen-bond acceptors (Lipinski definition) is 3. The lowest BCUT2D eigenvalue weighted by Crippen LogP contribution is -2.42. The lowest BCUT2D eigenvalue weighted by atomic mass is 9.84. The van der Waals surface area contributed by atoms with Crippen molar-refractivity contribution in [2.45, 2.75) is 53.0 Å². The van der Waals surface area contributed by atoms with Crippen molar-refractivity contribution in [3.63, 3.8) is 0 Å². The Morgan fingerprint density at radius 3 is 2.00 bits per heavy atom. The van der Waals surface area contributed by atoms with Gasteiger partial charge in [0.1, 0.15) is 6.04 Å². The van der Waals surface area contributed by atoms with Gasteiger partial charge in [0.25, 0.3) is 0 Å².